The summed E-state index contributed by atoms with van der Waals surface area (Å²) in [6, 6.07) is 19.7. The summed E-state index contributed by atoms with van der Waals surface area (Å²) >= 11 is 1.66. The number of nitrogens with one attached hydrogen (secondary N) is 1. The zero-order valence-corrected chi connectivity index (χ0v) is 17.7. The number of benzene rings is 2. The minimum Gasteiger partial charge on any atom is -0.488 e. The van der Waals surface area contributed by atoms with Gasteiger partial charge in [-0.25, -0.2) is 0 Å². The topological polar surface area (TPSA) is 50.8 Å². The molecule has 2 heterocycles. The molecule has 0 aliphatic carbocycles. The highest BCUT2D eigenvalue weighted by molar-refractivity contribution is 7.09. The first kappa shape index (κ1) is 20.6. The lowest BCUT2D eigenvalue weighted by Crippen LogP contribution is -2.36. The van der Waals surface area contributed by atoms with Gasteiger partial charge in [0.25, 0.3) is 5.91 Å². The molecule has 1 aliphatic rings. The predicted molar refractivity (Wildman–Crippen MR) is 119 cm³/mol. The minimum atomic E-state index is -0.0993. The Morgan fingerprint density at radius 3 is 2.67 bits per heavy atom. The van der Waals surface area contributed by atoms with Gasteiger partial charge in [0.15, 0.2) is 0 Å². The molecular formula is C24H26N2O3S. The van der Waals surface area contributed by atoms with Crippen LogP contribution in [-0.4, -0.2) is 37.1 Å². The molecule has 0 atom stereocenters. The van der Waals surface area contributed by atoms with E-state index in [0.717, 1.165) is 43.3 Å². The van der Waals surface area contributed by atoms with Gasteiger partial charge in [-0.05, 0) is 40.8 Å². The summed E-state index contributed by atoms with van der Waals surface area (Å²) in [7, 11) is 0. The molecule has 156 valence electrons. The first-order chi connectivity index (χ1) is 14.8. The quantitative estimate of drug-likeness (QED) is 0.594. The molecule has 1 aliphatic heterocycles. The molecular weight excluding hydrogens is 396 g/mol. The standard InChI is InChI=1S/C24H26N2O3S/c27-24(19-7-3-8-22(15-19)29-18-23-9-4-14-30-23)25-16-20-5-1-2-6-21(20)17-26-10-12-28-13-11-26/h1-9,14-15H,10-13,16-18H2,(H,25,27). The fourth-order valence-electron chi connectivity index (χ4n) is 3.44. The van der Waals surface area contributed by atoms with Crippen LogP contribution >= 0.6 is 11.3 Å². The van der Waals surface area contributed by atoms with Gasteiger partial charge in [-0.15, -0.1) is 11.3 Å². The normalized spacial score (nSPS) is 14.4. The third-order valence-corrected chi connectivity index (χ3v) is 5.96. The molecule has 1 amide bonds. The van der Waals surface area contributed by atoms with Crippen LogP contribution in [0.25, 0.3) is 0 Å². The predicted octanol–water partition coefficient (Wildman–Crippen LogP) is 4.09. The highest BCUT2D eigenvalue weighted by atomic mass is 32.1. The van der Waals surface area contributed by atoms with Crippen molar-refractivity contribution in [1.82, 2.24) is 10.2 Å². The fourth-order valence-corrected chi connectivity index (χ4v) is 4.05. The average Bonchev–Trinajstić information content (AvgIpc) is 3.32. The molecule has 1 fully saturated rings. The Balaban J connectivity index is 1.35. The van der Waals surface area contributed by atoms with Gasteiger partial charge in [-0.1, -0.05) is 36.4 Å². The van der Waals surface area contributed by atoms with Crippen LogP contribution in [0.1, 0.15) is 26.4 Å². The van der Waals surface area contributed by atoms with Crippen molar-refractivity contribution in [2.45, 2.75) is 19.7 Å². The molecule has 2 aromatic carbocycles. The highest BCUT2D eigenvalue weighted by Crippen LogP contribution is 2.18. The second kappa shape index (κ2) is 10.4. The van der Waals surface area contributed by atoms with Crippen LogP contribution in [0.4, 0.5) is 0 Å². The second-order valence-corrected chi connectivity index (χ2v) is 8.27. The van der Waals surface area contributed by atoms with Gasteiger partial charge >= 0.3 is 0 Å². The van der Waals surface area contributed by atoms with E-state index in [9.17, 15) is 4.79 Å². The zero-order valence-electron chi connectivity index (χ0n) is 16.9. The van der Waals surface area contributed by atoms with Crippen LogP contribution < -0.4 is 10.1 Å². The number of carbonyl (C=O) groups excluding carboxylic acids is 1. The number of amides is 1. The molecule has 3 aromatic rings. The Kier molecular flexibility index (Phi) is 7.13. The summed E-state index contributed by atoms with van der Waals surface area (Å²) in [6.45, 7) is 5.34. The van der Waals surface area contributed by atoms with Gasteiger partial charge in [0.2, 0.25) is 0 Å². The van der Waals surface area contributed by atoms with Crippen molar-refractivity contribution in [1.29, 1.82) is 0 Å². The molecule has 1 saturated heterocycles. The zero-order chi connectivity index (χ0) is 20.6. The number of rotatable bonds is 8. The van der Waals surface area contributed by atoms with E-state index in [1.54, 1.807) is 17.4 Å². The van der Waals surface area contributed by atoms with Crippen LogP contribution in [0.5, 0.6) is 5.75 Å². The Hall–Kier alpha value is -2.67. The summed E-state index contributed by atoms with van der Waals surface area (Å²) in [5.74, 6) is 0.599. The molecule has 4 rings (SSSR count). The average molecular weight is 423 g/mol. The molecule has 30 heavy (non-hydrogen) atoms. The van der Waals surface area contributed by atoms with Crippen LogP contribution in [0.15, 0.2) is 66.0 Å². The summed E-state index contributed by atoms with van der Waals surface area (Å²) in [5, 5.41) is 5.08. The maximum absolute atomic E-state index is 12.7. The van der Waals surface area contributed by atoms with Crippen molar-refractivity contribution in [2.75, 3.05) is 26.3 Å². The molecule has 5 nitrogen and oxygen atoms in total. The molecule has 0 unspecified atom stereocenters. The van der Waals surface area contributed by atoms with Crippen molar-refractivity contribution in [3.63, 3.8) is 0 Å². The summed E-state index contributed by atoms with van der Waals surface area (Å²) in [5.41, 5.74) is 2.99. The van der Waals surface area contributed by atoms with E-state index in [0.29, 0.717) is 24.5 Å². The van der Waals surface area contributed by atoms with Crippen LogP contribution in [-0.2, 0) is 24.4 Å². The van der Waals surface area contributed by atoms with Gasteiger partial charge in [0, 0.05) is 36.6 Å². The lowest BCUT2D eigenvalue weighted by atomic mass is 10.1. The maximum atomic E-state index is 12.7. The van der Waals surface area contributed by atoms with Crippen molar-refractivity contribution < 1.29 is 14.3 Å². The minimum absolute atomic E-state index is 0.0993. The third-order valence-electron chi connectivity index (χ3n) is 5.11. The van der Waals surface area contributed by atoms with Gasteiger partial charge in [0.05, 0.1) is 13.2 Å². The Morgan fingerprint density at radius 2 is 1.87 bits per heavy atom. The molecule has 6 heteroatoms. The number of ether oxygens (including phenoxy) is 2. The van der Waals surface area contributed by atoms with Crippen LogP contribution in [0.2, 0.25) is 0 Å². The van der Waals surface area contributed by atoms with E-state index in [4.69, 9.17) is 9.47 Å². The van der Waals surface area contributed by atoms with E-state index in [2.05, 4.69) is 28.4 Å². The Morgan fingerprint density at radius 1 is 1.03 bits per heavy atom. The largest absolute Gasteiger partial charge is 0.488 e. The maximum Gasteiger partial charge on any atom is 0.251 e. The Labute approximate surface area is 181 Å². The summed E-state index contributed by atoms with van der Waals surface area (Å²) in [6.07, 6.45) is 0. The molecule has 0 bridgehead atoms. The Bertz CT molecular complexity index is 953. The van der Waals surface area contributed by atoms with E-state index >= 15 is 0 Å². The first-order valence-electron chi connectivity index (χ1n) is 10.2. The van der Waals surface area contributed by atoms with Gasteiger partial charge in [-0.3, -0.25) is 9.69 Å². The lowest BCUT2D eigenvalue weighted by Gasteiger charge is -2.27. The highest BCUT2D eigenvalue weighted by Gasteiger charge is 2.13. The van der Waals surface area contributed by atoms with E-state index in [1.165, 1.54) is 5.56 Å². The number of carbonyl (C=O) groups is 1. The van der Waals surface area contributed by atoms with E-state index in [1.807, 2.05) is 41.8 Å². The van der Waals surface area contributed by atoms with Crippen molar-refractivity contribution in [2.24, 2.45) is 0 Å². The van der Waals surface area contributed by atoms with Crippen molar-refractivity contribution >= 4 is 17.2 Å². The number of nitrogens with zero attached hydrogens (tertiary/aromatic N) is 1. The van der Waals surface area contributed by atoms with Gasteiger partial charge in [-0.2, -0.15) is 0 Å². The van der Waals surface area contributed by atoms with E-state index < -0.39 is 0 Å². The van der Waals surface area contributed by atoms with Crippen molar-refractivity contribution in [3.8, 4) is 5.75 Å². The molecule has 1 N–H and O–H groups in total. The summed E-state index contributed by atoms with van der Waals surface area (Å²) in [4.78, 5) is 16.3. The first-order valence-corrected chi connectivity index (χ1v) is 11.1. The third kappa shape index (κ3) is 5.69. The number of morpholine rings is 1. The molecule has 1 aromatic heterocycles. The molecule has 0 radical (unpaired) electrons. The fraction of sp³-hybridized carbons (Fsp3) is 0.292. The van der Waals surface area contributed by atoms with Crippen molar-refractivity contribution in [3.05, 3.63) is 87.6 Å². The van der Waals surface area contributed by atoms with Gasteiger partial charge < -0.3 is 14.8 Å². The van der Waals surface area contributed by atoms with Gasteiger partial charge in [0.1, 0.15) is 12.4 Å². The number of hydrogen-bond donors (Lipinski definition) is 1. The van der Waals surface area contributed by atoms with E-state index in [-0.39, 0.29) is 5.91 Å². The monoisotopic (exact) mass is 422 g/mol. The smallest absolute Gasteiger partial charge is 0.251 e. The van der Waals surface area contributed by atoms with Crippen LogP contribution in [0, 0.1) is 0 Å². The second-order valence-electron chi connectivity index (χ2n) is 7.24. The number of thiophene rings is 1. The lowest BCUT2D eigenvalue weighted by molar-refractivity contribution is 0.0340. The number of hydrogen-bond acceptors (Lipinski definition) is 5. The summed E-state index contributed by atoms with van der Waals surface area (Å²) < 4.78 is 11.3. The molecule has 0 spiro atoms. The van der Waals surface area contributed by atoms with Crippen LogP contribution in [0.3, 0.4) is 0 Å². The molecule has 0 saturated carbocycles. The SMILES string of the molecule is O=C(NCc1ccccc1CN1CCOCC1)c1cccc(OCc2cccs2)c1.